The Kier molecular flexibility index (Phi) is 7.23. The van der Waals surface area contributed by atoms with Gasteiger partial charge in [0.2, 0.25) is 0 Å². The van der Waals surface area contributed by atoms with E-state index in [9.17, 15) is 0 Å². The lowest BCUT2D eigenvalue weighted by Gasteiger charge is -2.07. The quantitative estimate of drug-likeness (QED) is 0.454. The number of hydrogen-bond donors (Lipinski definition) is 2. The lowest BCUT2D eigenvalue weighted by atomic mass is 10.3. The van der Waals surface area contributed by atoms with Crippen molar-refractivity contribution in [3.8, 4) is 11.8 Å². The zero-order valence-electron chi connectivity index (χ0n) is 7.35. The molecule has 0 aromatic rings. The minimum Gasteiger partial charge on any atom is -0.392 e. The molecule has 64 valence electrons. The second-order valence-corrected chi connectivity index (χ2v) is 2.44. The predicted octanol–water partition coefficient (Wildman–Crippen LogP) is 0.760. The monoisotopic (exact) mass is 155 g/mol. The molecule has 0 saturated carbocycles. The van der Waals surface area contributed by atoms with Gasteiger partial charge in [0.15, 0.2) is 0 Å². The largest absolute Gasteiger partial charge is 0.392 e. The van der Waals surface area contributed by atoms with E-state index in [-0.39, 0.29) is 6.10 Å². The fourth-order valence-electron chi connectivity index (χ4n) is 0.689. The van der Waals surface area contributed by atoms with Crippen molar-refractivity contribution in [3.63, 3.8) is 0 Å². The van der Waals surface area contributed by atoms with Crippen molar-refractivity contribution in [2.24, 2.45) is 0 Å². The summed E-state index contributed by atoms with van der Waals surface area (Å²) in [6, 6.07) is 0. The maximum atomic E-state index is 9.12. The second-order valence-electron chi connectivity index (χ2n) is 2.44. The molecule has 1 unspecified atom stereocenters. The van der Waals surface area contributed by atoms with Crippen LogP contribution in [-0.4, -0.2) is 24.3 Å². The molecule has 2 nitrogen and oxygen atoms in total. The molecule has 0 bridgehead atoms. The predicted molar refractivity (Wildman–Crippen MR) is 47.2 cm³/mol. The number of hydrogen-bond acceptors (Lipinski definition) is 2. The van der Waals surface area contributed by atoms with Crippen LogP contribution in [0.4, 0.5) is 0 Å². The van der Waals surface area contributed by atoms with Crippen molar-refractivity contribution < 1.29 is 5.11 Å². The Hall–Kier alpha value is -0.520. The Morgan fingerprint density at radius 2 is 2.27 bits per heavy atom. The number of rotatable bonds is 5. The van der Waals surface area contributed by atoms with E-state index >= 15 is 0 Å². The third-order valence-electron chi connectivity index (χ3n) is 1.45. The third-order valence-corrected chi connectivity index (χ3v) is 1.45. The first-order chi connectivity index (χ1) is 5.31. The molecule has 0 spiro atoms. The maximum Gasteiger partial charge on any atom is 0.0662 e. The van der Waals surface area contributed by atoms with Gasteiger partial charge in [0.05, 0.1) is 6.10 Å². The van der Waals surface area contributed by atoms with Gasteiger partial charge < -0.3 is 10.4 Å². The smallest absolute Gasteiger partial charge is 0.0662 e. The maximum absolute atomic E-state index is 9.12. The summed E-state index contributed by atoms with van der Waals surface area (Å²) in [7, 11) is 0. The van der Waals surface area contributed by atoms with Crippen molar-refractivity contribution in [2.45, 2.75) is 32.8 Å². The van der Waals surface area contributed by atoms with Crippen LogP contribution in [0.1, 0.15) is 26.7 Å². The first-order valence-electron chi connectivity index (χ1n) is 4.09. The van der Waals surface area contributed by atoms with Gasteiger partial charge in [-0.15, -0.1) is 11.8 Å². The van der Waals surface area contributed by atoms with Gasteiger partial charge in [-0.2, -0.15) is 0 Å². The highest BCUT2D eigenvalue weighted by molar-refractivity contribution is 4.95. The highest BCUT2D eigenvalue weighted by Crippen LogP contribution is 1.85. The molecule has 2 N–H and O–H groups in total. The molecule has 0 aliphatic carbocycles. The molecule has 0 aliphatic rings. The van der Waals surface area contributed by atoms with Crippen LogP contribution in [0.5, 0.6) is 0 Å². The summed E-state index contributed by atoms with van der Waals surface area (Å²) in [5, 5.41) is 12.2. The lowest BCUT2D eigenvalue weighted by Crippen LogP contribution is -2.26. The first kappa shape index (κ1) is 10.5. The van der Waals surface area contributed by atoms with Gasteiger partial charge in [0, 0.05) is 19.5 Å². The van der Waals surface area contributed by atoms with E-state index in [0.717, 1.165) is 19.4 Å². The molecule has 1 atom stereocenters. The topological polar surface area (TPSA) is 32.3 Å². The standard InChI is InChI=1S/C9H17NO/c1-3-5-6-7-10-8-9(11)4-2/h9-11H,4,6-8H2,1-2H3. The zero-order chi connectivity index (χ0) is 8.53. The summed E-state index contributed by atoms with van der Waals surface area (Å²) in [5.41, 5.74) is 0. The molecule has 11 heavy (non-hydrogen) atoms. The van der Waals surface area contributed by atoms with E-state index in [2.05, 4.69) is 17.2 Å². The fraction of sp³-hybridized carbons (Fsp3) is 0.778. The van der Waals surface area contributed by atoms with Crippen LogP contribution in [0.3, 0.4) is 0 Å². The lowest BCUT2D eigenvalue weighted by molar-refractivity contribution is 0.168. The fourth-order valence-corrected chi connectivity index (χ4v) is 0.689. The average Bonchev–Trinajstić information content (AvgIpc) is 2.04. The summed E-state index contributed by atoms with van der Waals surface area (Å²) in [6.45, 7) is 5.36. The Morgan fingerprint density at radius 1 is 1.55 bits per heavy atom. The van der Waals surface area contributed by atoms with Crippen molar-refractivity contribution in [2.75, 3.05) is 13.1 Å². The molecule has 0 aromatic heterocycles. The molecule has 0 fully saturated rings. The molecule has 0 saturated heterocycles. The minimum absolute atomic E-state index is 0.204. The van der Waals surface area contributed by atoms with E-state index in [4.69, 9.17) is 5.11 Å². The summed E-state index contributed by atoms with van der Waals surface area (Å²) < 4.78 is 0. The van der Waals surface area contributed by atoms with Gasteiger partial charge in [0.1, 0.15) is 0 Å². The van der Waals surface area contributed by atoms with Gasteiger partial charge in [-0.1, -0.05) is 6.92 Å². The molecule has 0 radical (unpaired) electrons. The van der Waals surface area contributed by atoms with Crippen molar-refractivity contribution in [1.82, 2.24) is 5.32 Å². The highest BCUT2D eigenvalue weighted by atomic mass is 16.3. The number of aliphatic hydroxyl groups excluding tert-OH is 1. The summed E-state index contributed by atoms with van der Waals surface area (Å²) in [6.07, 6.45) is 1.48. The van der Waals surface area contributed by atoms with Crippen LogP contribution in [0.15, 0.2) is 0 Å². The van der Waals surface area contributed by atoms with Crippen molar-refractivity contribution in [3.05, 3.63) is 0 Å². The van der Waals surface area contributed by atoms with Crippen LogP contribution < -0.4 is 5.32 Å². The number of aliphatic hydroxyl groups is 1. The van der Waals surface area contributed by atoms with E-state index in [0.29, 0.717) is 6.54 Å². The van der Waals surface area contributed by atoms with Crippen LogP contribution in [-0.2, 0) is 0 Å². The zero-order valence-corrected chi connectivity index (χ0v) is 7.35. The molecule has 0 amide bonds. The second kappa shape index (κ2) is 7.59. The van der Waals surface area contributed by atoms with Crippen LogP contribution in [0, 0.1) is 11.8 Å². The highest BCUT2D eigenvalue weighted by Gasteiger charge is 1.96. The SMILES string of the molecule is CC#CCCNCC(O)CC. The number of nitrogens with one attached hydrogen (secondary N) is 1. The molecule has 0 heterocycles. The van der Waals surface area contributed by atoms with E-state index < -0.39 is 0 Å². The Labute approximate surface area is 69.0 Å². The van der Waals surface area contributed by atoms with Gasteiger partial charge >= 0.3 is 0 Å². The summed E-state index contributed by atoms with van der Waals surface area (Å²) >= 11 is 0. The Bertz CT molecular complexity index is 134. The van der Waals surface area contributed by atoms with Crippen LogP contribution in [0.2, 0.25) is 0 Å². The van der Waals surface area contributed by atoms with Crippen molar-refractivity contribution in [1.29, 1.82) is 0 Å². The normalized spacial score (nSPS) is 11.9. The summed E-state index contributed by atoms with van der Waals surface area (Å²) in [4.78, 5) is 0. The van der Waals surface area contributed by atoms with E-state index in [1.165, 1.54) is 0 Å². The van der Waals surface area contributed by atoms with Gasteiger partial charge in [-0.05, 0) is 13.3 Å². The van der Waals surface area contributed by atoms with Gasteiger partial charge in [-0.25, -0.2) is 0 Å². The Morgan fingerprint density at radius 3 is 2.82 bits per heavy atom. The van der Waals surface area contributed by atoms with Crippen molar-refractivity contribution >= 4 is 0 Å². The van der Waals surface area contributed by atoms with E-state index in [1.807, 2.05) is 13.8 Å². The molecule has 0 rings (SSSR count). The van der Waals surface area contributed by atoms with E-state index in [1.54, 1.807) is 0 Å². The molecular weight excluding hydrogens is 138 g/mol. The summed E-state index contributed by atoms with van der Waals surface area (Å²) in [5.74, 6) is 5.76. The average molecular weight is 155 g/mol. The van der Waals surface area contributed by atoms with Crippen LogP contribution >= 0.6 is 0 Å². The van der Waals surface area contributed by atoms with Gasteiger partial charge in [0.25, 0.3) is 0 Å². The molecule has 0 aliphatic heterocycles. The first-order valence-corrected chi connectivity index (χ1v) is 4.09. The van der Waals surface area contributed by atoms with Gasteiger partial charge in [-0.3, -0.25) is 0 Å². The minimum atomic E-state index is -0.204. The molecular formula is C9H17NO. The third kappa shape index (κ3) is 7.38. The molecule has 0 aromatic carbocycles. The van der Waals surface area contributed by atoms with Crippen LogP contribution in [0.25, 0.3) is 0 Å². The Balaban J connectivity index is 3.05. The molecule has 2 heteroatoms.